The summed E-state index contributed by atoms with van der Waals surface area (Å²) >= 11 is 0. The molecule has 0 aliphatic carbocycles. The molecule has 0 aromatic carbocycles. The van der Waals surface area contributed by atoms with Gasteiger partial charge >= 0.3 is 0 Å². The van der Waals surface area contributed by atoms with Crippen LogP contribution in [0, 0.1) is 0 Å². The van der Waals surface area contributed by atoms with Crippen LogP contribution in [0.3, 0.4) is 0 Å². The smallest absolute Gasteiger partial charge is 0.151 e. The second-order valence-corrected chi connectivity index (χ2v) is 5.82. The Labute approximate surface area is 130 Å². The molecule has 2 N–H and O–H groups in total. The lowest BCUT2D eigenvalue weighted by Crippen LogP contribution is -2.47. The second kappa shape index (κ2) is 6.60. The van der Waals surface area contributed by atoms with Gasteiger partial charge in [0.2, 0.25) is 0 Å². The van der Waals surface area contributed by atoms with Gasteiger partial charge in [-0.1, -0.05) is 5.16 Å². The van der Waals surface area contributed by atoms with Gasteiger partial charge < -0.3 is 15.0 Å². The Bertz CT molecular complexity index is 609. The van der Waals surface area contributed by atoms with E-state index in [0.717, 1.165) is 42.9 Å². The van der Waals surface area contributed by atoms with E-state index in [1.807, 2.05) is 19.3 Å². The summed E-state index contributed by atoms with van der Waals surface area (Å²) in [5.41, 5.74) is 7.69. The predicted molar refractivity (Wildman–Crippen MR) is 82.0 cm³/mol. The Morgan fingerprint density at radius 3 is 3.05 bits per heavy atom. The molecule has 22 heavy (non-hydrogen) atoms. The highest BCUT2D eigenvalue weighted by molar-refractivity contribution is 5.56. The molecule has 1 saturated heterocycles. The first-order chi connectivity index (χ1) is 10.7. The molecule has 120 valence electrons. The van der Waals surface area contributed by atoms with Crippen molar-refractivity contribution in [1.29, 1.82) is 0 Å². The van der Waals surface area contributed by atoms with Gasteiger partial charge in [0, 0.05) is 51.1 Å². The molecular weight excluding hydrogens is 282 g/mol. The Morgan fingerprint density at radius 2 is 2.36 bits per heavy atom. The molecule has 1 fully saturated rings. The van der Waals surface area contributed by atoms with Crippen molar-refractivity contribution in [2.45, 2.75) is 31.5 Å². The van der Waals surface area contributed by atoms with E-state index in [4.69, 9.17) is 15.0 Å². The van der Waals surface area contributed by atoms with E-state index in [1.54, 1.807) is 18.0 Å². The molecule has 3 rings (SSSR count). The maximum atomic E-state index is 5.91. The quantitative estimate of drug-likeness (QED) is 0.888. The fraction of sp³-hybridized carbons (Fsp3) is 0.600. The summed E-state index contributed by atoms with van der Waals surface area (Å²) in [5, 5.41) is 8.29. The maximum absolute atomic E-state index is 5.91. The van der Waals surface area contributed by atoms with Crippen molar-refractivity contribution in [3.8, 4) is 11.3 Å². The van der Waals surface area contributed by atoms with Gasteiger partial charge in [-0.3, -0.25) is 9.58 Å². The fourth-order valence-electron chi connectivity index (χ4n) is 3.01. The zero-order valence-corrected chi connectivity index (χ0v) is 13.1. The summed E-state index contributed by atoms with van der Waals surface area (Å²) in [6.45, 7) is 2.32. The molecule has 3 heterocycles. The molecule has 2 unspecified atom stereocenters. The average molecular weight is 305 g/mol. The third-order valence-corrected chi connectivity index (χ3v) is 4.31. The Morgan fingerprint density at radius 1 is 1.50 bits per heavy atom. The summed E-state index contributed by atoms with van der Waals surface area (Å²) in [6.07, 6.45) is 6.01. The molecule has 1 aliphatic heterocycles. The van der Waals surface area contributed by atoms with E-state index < -0.39 is 0 Å². The van der Waals surface area contributed by atoms with E-state index in [0.29, 0.717) is 18.7 Å². The minimum Gasteiger partial charge on any atom is -0.381 e. The van der Waals surface area contributed by atoms with Crippen LogP contribution in [0.25, 0.3) is 11.3 Å². The van der Waals surface area contributed by atoms with Crippen LogP contribution in [-0.2, 0) is 18.3 Å². The fourth-order valence-corrected chi connectivity index (χ4v) is 3.01. The van der Waals surface area contributed by atoms with Crippen LogP contribution in [0.2, 0.25) is 0 Å². The molecular formula is C15H23N5O2. The standard InChI is InChI=1S/C15H23N5O2/c1-19-9-11(8-17-19)15-6-14(22-18-15)10-20-4-3-13(21-2)5-12(20)7-16/h6,8-9,12-13H,3-5,7,10,16H2,1-2H3. The van der Waals surface area contributed by atoms with Crippen molar-refractivity contribution in [3.63, 3.8) is 0 Å². The number of nitrogens with zero attached hydrogens (tertiary/aromatic N) is 4. The summed E-state index contributed by atoms with van der Waals surface area (Å²) in [5.74, 6) is 0.855. The van der Waals surface area contributed by atoms with Gasteiger partial charge in [0.05, 0.1) is 18.8 Å². The first-order valence-electron chi connectivity index (χ1n) is 7.61. The van der Waals surface area contributed by atoms with Gasteiger partial charge in [0.1, 0.15) is 5.69 Å². The Hall–Kier alpha value is -1.70. The van der Waals surface area contributed by atoms with Crippen LogP contribution < -0.4 is 5.73 Å². The molecule has 0 amide bonds. The van der Waals surface area contributed by atoms with Gasteiger partial charge in [0.15, 0.2) is 5.76 Å². The van der Waals surface area contributed by atoms with Crippen LogP contribution in [0.4, 0.5) is 0 Å². The van der Waals surface area contributed by atoms with Crippen LogP contribution in [0.1, 0.15) is 18.6 Å². The van der Waals surface area contributed by atoms with Crippen LogP contribution in [0.15, 0.2) is 23.0 Å². The minimum absolute atomic E-state index is 0.311. The third-order valence-electron chi connectivity index (χ3n) is 4.31. The van der Waals surface area contributed by atoms with Gasteiger partial charge in [-0.05, 0) is 12.8 Å². The third kappa shape index (κ3) is 3.21. The lowest BCUT2D eigenvalue weighted by atomic mass is 9.99. The normalized spacial score (nSPS) is 23.0. The van der Waals surface area contributed by atoms with Crippen molar-refractivity contribution in [2.24, 2.45) is 12.8 Å². The SMILES string of the molecule is COC1CCN(Cc2cc(-c3cnn(C)c3)no2)C(CN)C1. The van der Waals surface area contributed by atoms with Crippen molar-refractivity contribution >= 4 is 0 Å². The zero-order valence-electron chi connectivity index (χ0n) is 13.1. The first-order valence-corrected chi connectivity index (χ1v) is 7.61. The largest absolute Gasteiger partial charge is 0.381 e. The van der Waals surface area contributed by atoms with Gasteiger partial charge in [-0.25, -0.2) is 0 Å². The maximum Gasteiger partial charge on any atom is 0.151 e. The number of hydrogen-bond donors (Lipinski definition) is 1. The van der Waals surface area contributed by atoms with Crippen LogP contribution >= 0.6 is 0 Å². The molecule has 0 saturated carbocycles. The lowest BCUT2D eigenvalue weighted by molar-refractivity contribution is 0.00738. The summed E-state index contributed by atoms with van der Waals surface area (Å²) in [7, 11) is 3.65. The van der Waals surface area contributed by atoms with Crippen molar-refractivity contribution in [3.05, 3.63) is 24.2 Å². The summed E-state index contributed by atoms with van der Waals surface area (Å²) in [6, 6.07) is 2.30. The van der Waals surface area contributed by atoms with Crippen molar-refractivity contribution in [1.82, 2.24) is 19.8 Å². The Balaban J connectivity index is 1.67. The van der Waals surface area contributed by atoms with E-state index in [1.165, 1.54) is 0 Å². The second-order valence-electron chi connectivity index (χ2n) is 5.82. The molecule has 1 aliphatic rings. The first kappa shape index (κ1) is 15.2. The number of nitrogens with two attached hydrogens (primary N) is 1. The minimum atomic E-state index is 0.311. The molecule has 2 aromatic rings. The molecule has 0 bridgehead atoms. The predicted octanol–water partition coefficient (Wildman–Crippen LogP) is 1.01. The van der Waals surface area contributed by atoms with E-state index >= 15 is 0 Å². The summed E-state index contributed by atoms with van der Waals surface area (Å²) in [4.78, 5) is 2.35. The molecule has 2 atom stereocenters. The number of hydrogen-bond acceptors (Lipinski definition) is 6. The highest BCUT2D eigenvalue weighted by Gasteiger charge is 2.28. The van der Waals surface area contributed by atoms with Gasteiger partial charge in [-0.15, -0.1) is 0 Å². The Kier molecular flexibility index (Phi) is 4.56. The van der Waals surface area contributed by atoms with E-state index in [2.05, 4.69) is 15.2 Å². The zero-order chi connectivity index (χ0) is 15.5. The van der Waals surface area contributed by atoms with E-state index in [-0.39, 0.29) is 0 Å². The lowest BCUT2D eigenvalue weighted by Gasteiger charge is -2.37. The highest BCUT2D eigenvalue weighted by Crippen LogP contribution is 2.23. The average Bonchev–Trinajstić information content (AvgIpc) is 3.16. The number of ether oxygens (including phenoxy) is 1. The van der Waals surface area contributed by atoms with Crippen molar-refractivity contribution in [2.75, 3.05) is 20.2 Å². The molecule has 7 heteroatoms. The van der Waals surface area contributed by atoms with Gasteiger partial charge in [0.25, 0.3) is 0 Å². The number of likely N-dealkylation sites (tertiary alicyclic amines) is 1. The number of piperidine rings is 1. The molecule has 0 radical (unpaired) electrons. The molecule has 7 nitrogen and oxygen atoms in total. The summed E-state index contributed by atoms with van der Waals surface area (Å²) < 4.78 is 12.7. The molecule has 0 spiro atoms. The van der Waals surface area contributed by atoms with E-state index in [9.17, 15) is 0 Å². The molecule has 2 aromatic heterocycles. The number of rotatable bonds is 5. The van der Waals surface area contributed by atoms with Gasteiger partial charge in [-0.2, -0.15) is 5.10 Å². The topological polar surface area (TPSA) is 82.3 Å². The monoisotopic (exact) mass is 305 g/mol. The van der Waals surface area contributed by atoms with Crippen molar-refractivity contribution < 1.29 is 9.26 Å². The number of aryl methyl sites for hydroxylation is 1. The van der Waals surface area contributed by atoms with Crippen LogP contribution in [0.5, 0.6) is 0 Å². The van der Waals surface area contributed by atoms with Crippen LogP contribution in [-0.4, -0.2) is 52.2 Å². The highest BCUT2D eigenvalue weighted by atomic mass is 16.5. The number of methoxy groups -OCH3 is 1. The number of aromatic nitrogens is 3.